The highest BCUT2D eigenvalue weighted by Gasteiger charge is 2.43. The van der Waals surface area contributed by atoms with Crippen molar-refractivity contribution in [3.8, 4) is 0 Å². The SMILES string of the molecule is CC(C)(c1cccnc1)N1CC[C@](CO)(CCc2cccs2)C1. The Morgan fingerprint density at radius 2 is 2.22 bits per heavy atom. The molecule has 0 unspecified atom stereocenters. The fourth-order valence-corrected chi connectivity index (χ4v) is 4.28. The first-order valence-corrected chi connectivity index (χ1v) is 9.23. The Morgan fingerprint density at radius 1 is 1.35 bits per heavy atom. The minimum absolute atomic E-state index is 0.0312. The first kappa shape index (κ1) is 16.6. The summed E-state index contributed by atoms with van der Waals surface area (Å²) in [5.74, 6) is 0. The molecule has 4 heteroatoms. The van der Waals surface area contributed by atoms with Crippen molar-refractivity contribution in [1.82, 2.24) is 9.88 Å². The van der Waals surface area contributed by atoms with Crippen molar-refractivity contribution in [1.29, 1.82) is 0 Å². The maximum atomic E-state index is 10.1. The van der Waals surface area contributed by atoms with E-state index in [1.54, 1.807) is 0 Å². The number of likely N-dealkylation sites (tertiary alicyclic amines) is 1. The van der Waals surface area contributed by atoms with Gasteiger partial charge >= 0.3 is 0 Å². The van der Waals surface area contributed by atoms with Crippen LogP contribution < -0.4 is 0 Å². The molecule has 2 aromatic rings. The van der Waals surface area contributed by atoms with E-state index in [0.717, 1.165) is 32.4 Å². The number of aliphatic hydroxyl groups excluding tert-OH is 1. The van der Waals surface area contributed by atoms with Crippen LogP contribution >= 0.6 is 11.3 Å². The number of hydrogen-bond acceptors (Lipinski definition) is 4. The number of rotatable bonds is 6. The number of thiophene rings is 1. The average molecular weight is 330 g/mol. The number of pyridine rings is 1. The highest BCUT2D eigenvalue weighted by Crippen LogP contribution is 2.41. The standard InChI is InChI=1S/C19H26N2OS/c1-18(2,16-5-3-10-20-13-16)21-11-9-19(14-21,15-22)8-7-17-6-4-12-23-17/h3-6,10,12-13,22H,7-9,11,14-15H2,1-2H3/t19-/m1/s1. The molecule has 1 N–H and O–H groups in total. The molecule has 0 saturated carbocycles. The van der Waals surface area contributed by atoms with E-state index < -0.39 is 0 Å². The van der Waals surface area contributed by atoms with Crippen molar-refractivity contribution in [3.63, 3.8) is 0 Å². The summed E-state index contributed by atoms with van der Waals surface area (Å²) in [6.07, 6.45) is 6.98. The van der Waals surface area contributed by atoms with Crippen LogP contribution in [0.2, 0.25) is 0 Å². The molecule has 23 heavy (non-hydrogen) atoms. The fraction of sp³-hybridized carbons (Fsp3) is 0.526. The summed E-state index contributed by atoms with van der Waals surface area (Å²) in [7, 11) is 0. The van der Waals surface area contributed by atoms with Gasteiger partial charge < -0.3 is 5.11 Å². The van der Waals surface area contributed by atoms with Gasteiger partial charge in [0.05, 0.1) is 0 Å². The summed E-state index contributed by atoms with van der Waals surface area (Å²) in [5, 5.41) is 12.2. The van der Waals surface area contributed by atoms with E-state index in [1.807, 2.05) is 29.8 Å². The molecule has 2 aromatic heterocycles. The minimum Gasteiger partial charge on any atom is -0.396 e. The number of nitrogens with zero attached hydrogens (tertiary/aromatic N) is 2. The molecular weight excluding hydrogens is 304 g/mol. The van der Waals surface area contributed by atoms with E-state index in [4.69, 9.17) is 0 Å². The van der Waals surface area contributed by atoms with Crippen molar-refractivity contribution in [3.05, 3.63) is 52.5 Å². The highest BCUT2D eigenvalue weighted by atomic mass is 32.1. The molecule has 1 aliphatic heterocycles. The summed E-state index contributed by atoms with van der Waals surface area (Å²) in [4.78, 5) is 8.20. The summed E-state index contributed by atoms with van der Waals surface area (Å²) >= 11 is 1.82. The van der Waals surface area contributed by atoms with Crippen molar-refractivity contribution < 1.29 is 5.11 Å². The largest absolute Gasteiger partial charge is 0.396 e. The van der Waals surface area contributed by atoms with Gasteiger partial charge in [0.1, 0.15) is 0 Å². The molecule has 3 rings (SSSR count). The number of aromatic nitrogens is 1. The van der Waals surface area contributed by atoms with Gasteiger partial charge in [-0.15, -0.1) is 11.3 Å². The molecule has 0 aromatic carbocycles. The molecule has 0 spiro atoms. The summed E-state index contributed by atoms with van der Waals surface area (Å²) in [5.41, 5.74) is 1.23. The van der Waals surface area contributed by atoms with Gasteiger partial charge in [0.2, 0.25) is 0 Å². The lowest BCUT2D eigenvalue weighted by molar-refractivity contribution is 0.0872. The Hall–Kier alpha value is -1.23. The van der Waals surface area contributed by atoms with Gasteiger partial charge in [-0.3, -0.25) is 9.88 Å². The minimum atomic E-state index is -0.0475. The van der Waals surface area contributed by atoms with E-state index in [9.17, 15) is 5.11 Å². The Kier molecular flexibility index (Phi) is 4.85. The molecule has 0 bridgehead atoms. The predicted molar refractivity (Wildman–Crippen MR) is 95.6 cm³/mol. The molecule has 0 radical (unpaired) electrons. The molecule has 3 nitrogen and oxygen atoms in total. The zero-order valence-corrected chi connectivity index (χ0v) is 14.9. The van der Waals surface area contributed by atoms with Crippen LogP contribution in [0.15, 0.2) is 42.0 Å². The normalized spacial score (nSPS) is 22.6. The van der Waals surface area contributed by atoms with Crippen LogP contribution in [0, 0.1) is 5.41 Å². The van der Waals surface area contributed by atoms with E-state index in [1.165, 1.54) is 10.4 Å². The Labute approximate surface area is 143 Å². The Morgan fingerprint density at radius 3 is 2.87 bits per heavy atom. The third-order valence-electron chi connectivity index (χ3n) is 5.41. The van der Waals surface area contributed by atoms with E-state index in [0.29, 0.717) is 0 Å². The van der Waals surface area contributed by atoms with Gasteiger partial charge in [-0.1, -0.05) is 12.1 Å². The van der Waals surface area contributed by atoms with Crippen LogP contribution in [0.4, 0.5) is 0 Å². The average Bonchev–Trinajstić information content (AvgIpc) is 3.24. The number of aliphatic hydroxyl groups is 1. The molecule has 0 amide bonds. The van der Waals surface area contributed by atoms with Gasteiger partial charge in [0.25, 0.3) is 0 Å². The molecular formula is C19H26N2OS. The fourth-order valence-electron chi connectivity index (χ4n) is 3.57. The third kappa shape index (κ3) is 3.49. The van der Waals surface area contributed by atoms with E-state index >= 15 is 0 Å². The maximum absolute atomic E-state index is 10.1. The number of hydrogen-bond donors (Lipinski definition) is 1. The summed E-state index contributed by atoms with van der Waals surface area (Å²) in [6, 6.07) is 8.46. The van der Waals surface area contributed by atoms with E-state index in [-0.39, 0.29) is 17.6 Å². The Balaban J connectivity index is 1.70. The summed E-state index contributed by atoms with van der Waals surface area (Å²) in [6.45, 7) is 6.79. The van der Waals surface area contributed by atoms with Gasteiger partial charge in [-0.2, -0.15) is 0 Å². The molecule has 0 aliphatic carbocycles. The van der Waals surface area contributed by atoms with Crippen molar-refractivity contribution in [2.75, 3.05) is 19.7 Å². The first-order valence-electron chi connectivity index (χ1n) is 8.35. The van der Waals surface area contributed by atoms with Gasteiger partial charge in [0.15, 0.2) is 0 Å². The molecule has 3 heterocycles. The lowest BCUT2D eigenvalue weighted by atomic mass is 9.82. The van der Waals surface area contributed by atoms with Crippen molar-refractivity contribution in [2.45, 2.75) is 38.6 Å². The van der Waals surface area contributed by atoms with Crippen LogP contribution in [-0.4, -0.2) is 34.7 Å². The molecule has 1 saturated heterocycles. The lowest BCUT2D eigenvalue weighted by Crippen LogP contribution is -2.42. The second-order valence-electron chi connectivity index (χ2n) is 7.21. The van der Waals surface area contributed by atoms with Crippen molar-refractivity contribution in [2.24, 2.45) is 5.41 Å². The van der Waals surface area contributed by atoms with Gasteiger partial charge in [0, 0.05) is 41.4 Å². The lowest BCUT2D eigenvalue weighted by Gasteiger charge is -2.37. The monoisotopic (exact) mass is 330 g/mol. The van der Waals surface area contributed by atoms with Crippen LogP contribution in [0.25, 0.3) is 0 Å². The van der Waals surface area contributed by atoms with Crippen molar-refractivity contribution >= 4 is 11.3 Å². The molecule has 1 atom stereocenters. The van der Waals surface area contributed by atoms with Gasteiger partial charge in [-0.25, -0.2) is 0 Å². The predicted octanol–water partition coefficient (Wildman–Crippen LogP) is 3.70. The maximum Gasteiger partial charge on any atom is 0.0500 e. The topological polar surface area (TPSA) is 36.4 Å². The van der Waals surface area contributed by atoms with E-state index in [2.05, 4.69) is 47.3 Å². The molecule has 124 valence electrons. The third-order valence-corrected chi connectivity index (χ3v) is 6.35. The first-order chi connectivity index (χ1) is 11.1. The second-order valence-corrected chi connectivity index (χ2v) is 8.24. The molecule has 1 aliphatic rings. The Bertz CT molecular complexity index is 612. The second kappa shape index (κ2) is 6.71. The smallest absolute Gasteiger partial charge is 0.0500 e. The van der Waals surface area contributed by atoms with Crippen LogP contribution in [0.5, 0.6) is 0 Å². The van der Waals surface area contributed by atoms with Crippen LogP contribution in [-0.2, 0) is 12.0 Å². The highest BCUT2D eigenvalue weighted by molar-refractivity contribution is 7.09. The molecule has 1 fully saturated rings. The van der Waals surface area contributed by atoms with Crippen LogP contribution in [0.3, 0.4) is 0 Å². The summed E-state index contributed by atoms with van der Waals surface area (Å²) < 4.78 is 0. The van der Waals surface area contributed by atoms with Crippen LogP contribution in [0.1, 0.15) is 37.1 Å². The zero-order chi connectivity index (χ0) is 16.3. The number of aryl methyl sites for hydroxylation is 1. The zero-order valence-electron chi connectivity index (χ0n) is 14.0. The quantitative estimate of drug-likeness (QED) is 0.877. The van der Waals surface area contributed by atoms with Gasteiger partial charge in [-0.05, 0) is 62.7 Å².